The van der Waals surface area contributed by atoms with E-state index < -0.39 is 11.9 Å². The summed E-state index contributed by atoms with van der Waals surface area (Å²) in [5.74, 6) is -1.34. The second-order valence-corrected chi connectivity index (χ2v) is 4.03. The van der Waals surface area contributed by atoms with Crippen molar-refractivity contribution in [1.29, 1.82) is 0 Å². The summed E-state index contributed by atoms with van der Waals surface area (Å²) in [5, 5.41) is 2.81. The lowest BCUT2D eigenvalue weighted by molar-refractivity contribution is -0.151. The first-order valence-corrected chi connectivity index (χ1v) is 4.94. The van der Waals surface area contributed by atoms with Gasteiger partial charge in [-0.2, -0.15) is 0 Å². The van der Waals surface area contributed by atoms with Crippen LogP contribution < -0.4 is 5.32 Å². The van der Waals surface area contributed by atoms with Gasteiger partial charge in [0.15, 0.2) is 0 Å². The number of rotatable bonds is 4. The quantitative estimate of drug-likeness (QED) is 0.536. The lowest BCUT2D eigenvalue weighted by Gasteiger charge is -2.17. The lowest BCUT2D eigenvalue weighted by atomic mass is 9.95. The number of ether oxygens (including phenoxy) is 1. The van der Waals surface area contributed by atoms with Crippen LogP contribution >= 0.6 is 0 Å². The molecule has 1 amide bonds. The second kappa shape index (κ2) is 4.44. The molecule has 1 rings (SSSR count). The monoisotopic (exact) mass is 199 g/mol. The number of carbonyl (C=O) groups is 2. The molecule has 1 aliphatic rings. The van der Waals surface area contributed by atoms with Crippen LogP contribution in [0.4, 0.5) is 0 Å². The van der Waals surface area contributed by atoms with Crippen LogP contribution in [0.1, 0.15) is 26.7 Å². The second-order valence-electron chi connectivity index (χ2n) is 4.03. The Balaban J connectivity index is 2.55. The van der Waals surface area contributed by atoms with Gasteiger partial charge in [-0.3, -0.25) is 9.59 Å². The Morgan fingerprint density at radius 3 is 2.29 bits per heavy atom. The molecule has 0 heterocycles. The summed E-state index contributed by atoms with van der Waals surface area (Å²) in [6, 6.07) is 0.286. The molecule has 0 saturated heterocycles. The van der Waals surface area contributed by atoms with Gasteiger partial charge in [0.1, 0.15) is 5.92 Å². The Labute approximate surface area is 84.0 Å². The predicted octanol–water partition coefficient (Wildman–Crippen LogP) is 0.710. The van der Waals surface area contributed by atoms with Gasteiger partial charge in [0, 0.05) is 6.04 Å². The Morgan fingerprint density at radius 2 is 1.93 bits per heavy atom. The highest BCUT2D eigenvalue weighted by atomic mass is 16.5. The zero-order chi connectivity index (χ0) is 10.7. The number of carbonyl (C=O) groups excluding carboxylic acids is 2. The number of amides is 1. The molecule has 14 heavy (non-hydrogen) atoms. The molecular weight excluding hydrogens is 182 g/mol. The van der Waals surface area contributed by atoms with Crippen LogP contribution in [0, 0.1) is 11.8 Å². The van der Waals surface area contributed by atoms with Gasteiger partial charge < -0.3 is 10.1 Å². The molecule has 4 heteroatoms. The van der Waals surface area contributed by atoms with Gasteiger partial charge in [0.05, 0.1) is 7.11 Å². The molecule has 0 spiro atoms. The van der Waals surface area contributed by atoms with Gasteiger partial charge in [-0.1, -0.05) is 13.8 Å². The van der Waals surface area contributed by atoms with Gasteiger partial charge in [0.2, 0.25) is 5.91 Å². The van der Waals surface area contributed by atoms with E-state index in [0.717, 1.165) is 12.8 Å². The zero-order valence-electron chi connectivity index (χ0n) is 8.87. The molecule has 1 aliphatic carbocycles. The molecule has 0 aromatic rings. The van der Waals surface area contributed by atoms with Crippen LogP contribution in [0.5, 0.6) is 0 Å². The smallest absolute Gasteiger partial charge is 0.318 e. The summed E-state index contributed by atoms with van der Waals surface area (Å²) in [6.45, 7) is 3.68. The maximum Gasteiger partial charge on any atom is 0.318 e. The van der Waals surface area contributed by atoms with Crippen molar-refractivity contribution in [3.05, 3.63) is 0 Å². The fourth-order valence-electron chi connectivity index (χ4n) is 1.33. The van der Waals surface area contributed by atoms with Crippen LogP contribution in [0.3, 0.4) is 0 Å². The summed E-state index contributed by atoms with van der Waals surface area (Å²) in [7, 11) is 1.31. The molecule has 0 aliphatic heterocycles. The molecule has 1 atom stereocenters. The Bertz CT molecular complexity index is 234. The highest BCUT2D eigenvalue weighted by Crippen LogP contribution is 2.21. The minimum Gasteiger partial charge on any atom is -0.468 e. The maximum atomic E-state index is 11.6. The van der Waals surface area contributed by atoms with E-state index in [1.165, 1.54) is 7.11 Å². The molecule has 1 saturated carbocycles. The first-order chi connectivity index (χ1) is 6.56. The topological polar surface area (TPSA) is 55.4 Å². The van der Waals surface area contributed by atoms with Gasteiger partial charge in [-0.15, -0.1) is 0 Å². The van der Waals surface area contributed by atoms with Crippen molar-refractivity contribution in [3.63, 3.8) is 0 Å². The first-order valence-electron chi connectivity index (χ1n) is 4.94. The van der Waals surface area contributed by atoms with E-state index in [2.05, 4.69) is 10.1 Å². The molecule has 0 radical (unpaired) electrons. The number of methoxy groups -OCH3 is 1. The van der Waals surface area contributed by atoms with E-state index in [9.17, 15) is 9.59 Å². The minimum absolute atomic E-state index is 0.0267. The summed E-state index contributed by atoms with van der Waals surface area (Å²) < 4.78 is 4.60. The van der Waals surface area contributed by atoms with Crippen molar-refractivity contribution < 1.29 is 14.3 Å². The van der Waals surface area contributed by atoms with Crippen LogP contribution in [0.15, 0.2) is 0 Å². The lowest BCUT2D eigenvalue weighted by Crippen LogP contribution is -2.39. The summed E-state index contributed by atoms with van der Waals surface area (Å²) in [5.41, 5.74) is 0. The van der Waals surface area contributed by atoms with Gasteiger partial charge in [-0.25, -0.2) is 0 Å². The Kier molecular flexibility index (Phi) is 3.49. The van der Waals surface area contributed by atoms with Gasteiger partial charge in [-0.05, 0) is 18.8 Å². The van der Waals surface area contributed by atoms with Crippen molar-refractivity contribution in [3.8, 4) is 0 Å². The average Bonchev–Trinajstić information content (AvgIpc) is 2.87. The van der Waals surface area contributed by atoms with E-state index in [0.29, 0.717) is 0 Å². The van der Waals surface area contributed by atoms with E-state index in [4.69, 9.17) is 0 Å². The van der Waals surface area contributed by atoms with Crippen molar-refractivity contribution in [2.24, 2.45) is 11.8 Å². The fourth-order valence-corrected chi connectivity index (χ4v) is 1.33. The minimum atomic E-state index is -0.666. The van der Waals surface area contributed by atoms with Crippen LogP contribution in [0.25, 0.3) is 0 Å². The summed E-state index contributed by atoms with van der Waals surface area (Å²) >= 11 is 0. The molecule has 1 unspecified atom stereocenters. The first kappa shape index (κ1) is 11.0. The normalized spacial score (nSPS) is 17.7. The molecule has 0 aromatic carbocycles. The number of hydrogen-bond donors (Lipinski definition) is 1. The molecule has 0 aromatic heterocycles. The van der Waals surface area contributed by atoms with E-state index in [-0.39, 0.29) is 17.9 Å². The molecule has 1 N–H and O–H groups in total. The SMILES string of the molecule is COC(=O)C(C(=O)NC1CC1)C(C)C. The molecule has 0 bridgehead atoms. The number of hydrogen-bond acceptors (Lipinski definition) is 3. The van der Waals surface area contributed by atoms with Crippen molar-refractivity contribution in [2.75, 3.05) is 7.11 Å². The highest BCUT2D eigenvalue weighted by Gasteiger charge is 2.34. The van der Waals surface area contributed by atoms with Crippen LogP contribution in [-0.2, 0) is 14.3 Å². The Morgan fingerprint density at radius 1 is 1.36 bits per heavy atom. The van der Waals surface area contributed by atoms with Gasteiger partial charge >= 0.3 is 5.97 Å². The van der Waals surface area contributed by atoms with E-state index >= 15 is 0 Å². The van der Waals surface area contributed by atoms with Crippen molar-refractivity contribution in [1.82, 2.24) is 5.32 Å². The number of nitrogens with one attached hydrogen (secondary N) is 1. The van der Waals surface area contributed by atoms with E-state index in [1.54, 1.807) is 0 Å². The third-order valence-electron chi connectivity index (χ3n) is 2.33. The number of esters is 1. The molecular formula is C10H17NO3. The molecule has 4 nitrogen and oxygen atoms in total. The van der Waals surface area contributed by atoms with Crippen LogP contribution in [0.2, 0.25) is 0 Å². The molecule has 1 fully saturated rings. The van der Waals surface area contributed by atoms with Gasteiger partial charge in [0.25, 0.3) is 0 Å². The average molecular weight is 199 g/mol. The predicted molar refractivity (Wildman–Crippen MR) is 51.5 cm³/mol. The zero-order valence-corrected chi connectivity index (χ0v) is 8.87. The summed E-state index contributed by atoms with van der Waals surface area (Å²) in [4.78, 5) is 22.9. The van der Waals surface area contributed by atoms with Crippen molar-refractivity contribution >= 4 is 11.9 Å². The summed E-state index contributed by atoms with van der Waals surface area (Å²) in [6.07, 6.45) is 2.05. The standard InChI is InChI=1S/C10H17NO3/c1-6(2)8(10(13)14-3)9(12)11-7-4-5-7/h6-8H,4-5H2,1-3H3,(H,11,12). The third-order valence-corrected chi connectivity index (χ3v) is 2.33. The fraction of sp³-hybridized carbons (Fsp3) is 0.800. The van der Waals surface area contributed by atoms with Crippen molar-refractivity contribution in [2.45, 2.75) is 32.7 Å². The van der Waals surface area contributed by atoms with Crippen LogP contribution in [-0.4, -0.2) is 25.0 Å². The third kappa shape index (κ3) is 2.72. The maximum absolute atomic E-state index is 11.6. The highest BCUT2D eigenvalue weighted by molar-refractivity contribution is 5.98. The largest absolute Gasteiger partial charge is 0.468 e. The Hall–Kier alpha value is -1.06. The molecule has 80 valence electrons. The van der Waals surface area contributed by atoms with E-state index in [1.807, 2.05) is 13.8 Å².